The van der Waals surface area contributed by atoms with Crippen molar-refractivity contribution in [1.82, 2.24) is 19.8 Å². The molecule has 2 aromatic heterocycles. The minimum Gasteiger partial charge on any atom is -0.487 e. The van der Waals surface area contributed by atoms with Crippen LogP contribution < -0.4 is 25.0 Å². The summed E-state index contributed by atoms with van der Waals surface area (Å²) in [6.45, 7) is 7.19. The van der Waals surface area contributed by atoms with Crippen LogP contribution in [-0.4, -0.2) is 65.5 Å². The molecule has 3 aliphatic rings. The quantitative estimate of drug-likeness (QED) is 0.536. The third kappa shape index (κ3) is 4.48. The van der Waals surface area contributed by atoms with Gasteiger partial charge in [0.25, 0.3) is 0 Å². The van der Waals surface area contributed by atoms with E-state index in [1.807, 2.05) is 7.05 Å². The molecule has 9 nitrogen and oxygen atoms in total. The van der Waals surface area contributed by atoms with E-state index in [9.17, 15) is 13.2 Å². The Kier molecular flexibility index (Phi) is 5.68. The fourth-order valence-corrected chi connectivity index (χ4v) is 6.26. The number of nitrogens with two attached hydrogens (primary N) is 1. The number of halogens is 3. The van der Waals surface area contributed by atoms with Crippen molar-refractivity contribution in [3.8, 4) is 22.9 Å². The molecule has 2 aliphatic heterocycles. The Morgan fingerprint density at radius 2 is 1.87 bits per heavy atom. The van der Waals surface area contributed by atoms with Crippen LogP contribution in [0.1, 0.15) is 39.5 Å². The number of piperidine rings is 1. The molecule has 0 bridgehead atoms. The monoisotopic (exact) mass is 531 g/mol. The second-order valence-corrected chi connectivity index (χ2v) is 11.8. The number of fused-ring (bicyclic) bond motifs is 3. The number of nitrogens with zero attached hydrogens (tertiary/aromatic N) is 6. The van der Waals surface area contributed by atoms with E-state index in [-0.39, 0.29) is 11.2 Å². The number of ether oxygens (including phenoxy) is 2. The highest BCUT2D eigenvalue weighted by atomic mass is 19.4. The van der Waals surface area contributed by atoms with Crippen molar-refractivity contribution in [3.05, 3.63) is 24.3 Å². The lowest BCUT2D eigenvalue weighted by Crippen LogP contribution is -2.52. The molecule has 1 spiro atoms. The molecular weight excluding hydrogens is 499 g/mol. The molecule has 38 heavy (non-hydrogen) atoms. The normalized spacial score (nSPS) is 21.1. The van der Waals surface area contributed by atoms with E-state index in [4.69, 9.17) is 15.6 Å². The molecule has 2 N–H and O–H groups in total. The first-order valence-electron chi connectivity index (χ1n) is 12.9. The molecule has 1 aromatic carbocycles. The van der Waals surface area contributed by atoms with Crippen LogP contribution in [0, 0.1) is 10.8 Å². The SMILES string of the molecule is CN1CC(C)(C)COc2c1c(N1CCC3(CC1)CC(N)C3)nn1c(-c3cccc(OC(F)(F)F)c3)nnc21. The van der Waals surface area contributed by atoms with Crippen molar-refractivity contribution < 1.29 is 22.6 Å². The Hall–Kier alpha value is -3.28. The van der Waals surface area contributed by atoms with Gasteiger partial charge < -0.3 is 25.0 Å². The molecule has 1 saturated carbocycles. The molecule has 204 valence electrons. The number of aromatic nitrogens is 4. The van der Waals surface area contributed by atoms with Gasteiger partial charge in [0.05, 0.1) is 6.61 Å². The first-order chi connectivity index (χ1) is 17.9. The molecule has 2 fully saturated rings. The van der Waals surface area contributed by atoms with Gasteiger partial charge in [-0.25, -0.2) is 0 Å². The molecule has 6 rings (SSSR count). The van der Waals surface area contributed by atoms with Crippen LogP contribution >= 0.6 is 0 Å². The zero-order chi connectivity index (χ0) is 26.9. The van der Waals surface area contributed by atoms with Crippen molar-refractivity contribution in [1.29, 1.82) is 0 Å². The van der Waals surface area contributed by atoms with E-state index in [2.05, 4.69) is 38.6 Å². The number of alkyl halides is 3. The molecule has 1 aliphatic carbocycles. The van der Waals surface area contributed by atoms with Gasteiger partial charge in [-0.15, -0.1) is 28.5 Å². The average molecular weight is 532 g/mol. The Bertz CT molecular complexity index is 1360. The second kappa shape index (κ2) is 8.62. The fraction of sp³-hybridized carbons (Fsp3) is 0.577. The third-order valence-corrected chi connectivity index (χ3v) is 7.96. The molecule has 0 amide bonds. The van der Waals surface area contributed by atoms with Crippen LogP contribution in [0.25, 0.3) is 17.0 Å². The molecule has 3 aromatic rings. The lowest BCUT2D eigenvalue weighted by atomic mass is 9.61. The maximum absolute atomic E-state index is 12.9. The molecule has 12 heteroatoms. The van der Waals surface area contributed by atoms with Crippen LogP contribution in [0.15, 0.2) is 24.3 Å². The number of hydrogen-bond acceptors (Lipinski definition) is 8. The molecular formula is C26H32F3N7O2. The van der Waals surface area contributed by atoms with Crippen molar-refractivity contribution in [2.24, 2.45) is 16.6 Å². The van der Waals surface area contributed by atoms with E-state index in [1.165, 1.54) is 18.2 Å². The Balaban J connectivity index is 1.45. The van der Waals surface area contributed by atoms with Gasteiger partial charge in [0, 0.05) is 43.7 Å². The predicted molar refractivity (Wildman–Crippen MR) is 137 cm³/mol. The van der Waals surface area contributed by atoms with E-state index in [0.717, 1.165) is 56.8 Å². The standard InChI is InChI=1S/C26H32F3N7O2/c1-24(2)14-34(3)19-20(37-15-24)23-32-31-21(16-5-4-6-18(11-16)38-26(27,28)29)36(23)33-22(19)35-9-7-25(8-10-35)12-17(30)13-25/h4-6,11,17H,7-10,12-15,30H2,1-3H3. The van der Waals surface area contributed by atoms with Crippen molar-refractivity contribution in [2.75, 3.05) is 43.1 Å². The number of hydrogen-bond donors (Lipinski definition) is 1. The van der Waals surface area contributed by atoms with E-state index >= 15 is 0 Å². The molecule has 0 unspecified atom stereocenters. The number of rotatable bonds is 3. The summed E-state index contributed by atoms with van der Waals surface area (Å²) in [5.74, 6) is 1.31. The van der Waals surface area contributed by atoms with Gasteiger partial charge >= 0.3 is 6.36 Å². The minimum absolute atomic E-state index is 0.123. The zero-order valence-corrected chi connectivity index (χ0v) is 21.8. The van der Waals surface area contributed by atoms with E-state index in [1.54, 1.807) is 10.6 Å². The van der Waals surface area contributed by atoms with Gasteiger partial charge in [0.1, 0.15) is 11.4 Å². The Morgan fingerprint density at radius 1 is 1.13 bits per heavy atom. The molecule has 4 heterocycles. The lowest BCUT2D eigenvalue weighted by Gasteiger charge is -2.51. The van der Waals surface area contributed by atoms with E-state index in [0.29, 0.717) is 40.8 Å². The summed E-state index contributed by atoms with van der Waals surface area (Å²) in [6, 6.07) is 5.99. The Labute approximate surface area is 218 Å². The molecule has 0 atom stereocenters. The topological polar surface area (TPSA) is 94.0 Å². The minimum atomic E-state index is -4.80. The first kappa shape index (κ1) is 25.0. The van der Waals surface area contributed by atoms with Gasteiger partial charge in [-0.3, -0.25) is 0 Å². The highest BCUT2D eigenvalue weighted by Gasteiger charge is 2.45. The predicted octanol–water partition coefficient (Wildman–Crippen LogP) is 4.25. The van der Waals surface area contributed by atoms with Gasteiger partial charge in [0.15, 0.2) is 17.4 Å². The van der Waals surface area contributed by atoms with Gasteiger partial charge in [-0.2, -0.15) is 4.52 Å². The van der Waals surface area contributed by atoms with Crippen LogP contribution in [0.2, 0.25) is 0 Å². The first-order valence-corrected chi connectivity index (χ1v) is 12.9. The summed E-state index contributed by atoms with van der Waals surface area (Å²) >= 11 is 0. The van der Waals surface area contributed by atoms with Crippen LogP contribution in [0.3, 0.4) is 0 Å². The van der Waals surface area contributed by atoms with Crippen LogP contribution in [0.4, 0.5) is 24.7 Å². The highest BCUT2D eigenvalue weighted by Crippen LogP contribution is 2.50. The second-order valence-electron chi connectivity index (χ2n) is 11.8. The lowest BCUT2D eigenvalue weighted by molar-refractivity contribution is -0.274. The molecule has 1 saturated heterocycles. The largest absolute Gasteiger partial charge is 0.573 e. The number of benzene rings is 1. The molecule has 0 radical (unpaired) electrons. The summed E-state index contributed by atoms with van der Waals surface area (Å²) in [5.41, 5.74) is 7.99. The van der Waals surface area contributed by atoms with Crippen molar-refractivity contribution in [2.45, 2.75) is 51.9 Å². The smallest absolute Gasteiger partial charge is 0.487 e. The van der Waals surface area contributed by atoms with E-state index < -0.39 is 6.36 Å². The summed E-state index contributed by atoms with van der Waals surface area (Å²) < 4.78 is 50.7. The van der Waals surface area contributed by atoms with Gasteiger partial charge in [0.2, 0.25) is 5.65 Å². The average Bonchev–Trinajstić information content (AvgIpc) is 3.19. The maximum atomic E-state index is 12.9. The summed E-state index contributed by atoms with van der Waals surface area (Å²) in [6.07, 6.45) is -0.590. The fourth-order valence-electron chi connectivity index (χ4n) is 6.26. The Morgan fingerprint density at radius 3 is 2.55 bits per heavy atom. The summed E-state index contributed by atoms with van der Waals surface area (Å²) in [5, 5.41) is 13.7. The van der Waals surface area contributed by atoms with Crippen molar-refractivity contribution in [3.63, 3.8) is 0 Å². The van der Waals surface area contributed by atoms with Crippen LogP contribution in [-0.2, 0) is 0 Å². The van der Waals surface area contributed by atoms with Crippen molar-refractivity contribution >= 4 is 17.2 Å². The summed E-state index contributed by atoms with van der Waals surface area (Å²) in [4.78, 5) is 4.44. The highest BCUT2D eigenvalue weighted by molar-refractivity contribution is 5.82. The third-order valence-electron chi connectivity index (χ3n) is 7.96. The van der Waals surface area contributed by atoms with Gasteiger partial charge in [-0.1, -0.05) is 26.0 Å². The maximum Gasteiger partial charge on any atom is 0.573 e. The van der Waals surface area contributed by atoms with Gasteiger partial charge in [-0.05, 0) is 43.2 Å². The zero-order valence-electron chi connectivity index (χ0n) is 21.8. The number of anilines is 2. The van der Waals surface area contributed by atoms with Crippen LogP contribution in [0.5, 0.6) is 11.5 Å². The summed E-state index contributed by atoms with van der Waals surface area (Å²) in [7, 11) is 2.03.